The summed E-state index contributed by atoms with van der Waals surface area (Å²) in [7, 11) is 3.62. The predicted octanol–water partition coefficient (Wildman–Crippen LogP) is 4.28. The van der Waals surface area contributed by atoms with E-state index in [-0.39, 0.29) is 11.2 Å². The second kappa shape index (κ2) is 7.83. The van der Waals surface area contributed by atoms with Gasteiger partial charge < -0.3 is 10.5 Å². The van der Waals surface area contributed by atoms with E-state index in [1.54, 1.807) is 31.0 Å². The number of hydrogen-bond acceptors (Lipinski definition) is 5. The molecule has 0 bridgehead atoms. The van der Waals surface area contributed by atoms with Crippen LogP contribution in [0.4, 0.5) is 4.39 Å². The lowest BCUT2D eigenvalue weighted by Gasteiger charge is -2.22. The van der Waals surface area contributed by atoms with Crippen molar-refractivity contribution in [2.45, 2.75) is 18.2 Å². The fraction of sp³-hybridized carbons (Fsp3) is 0.250. The highest BCUT2D eigenvalue weighted by molar-refractivity contribution is 8.14. The zero-order chi connectivity index (χ0) is 18.7. The van der Waals surface area contributed by atoms with E-state index in [1.165, 1.54) is 12.1 Å². The molecule has 0 saturated heterocycles. The average Bonchev–Trinajstić information content (AvgIpc) is 3.01. The lowest BCUT2D eigenvalue weighted by Crippen LogP contribution is -2.14. The number of allylic oxidation sites excluding steroid dienone is 1. The number of ether oxygens (including phenoxy) is 1. The number of rotatable bonds is 6. The fourth-order valence-corrected chi connectivity index (χ4v) is 4.15. The highest BCUT2D eigenvalue weighted by Crippen LogP contribution is 2.43. The molecule has 1 unspecified atom stereocenters. The van der Waals surface area contributed by atoms with Gasteiger partial charge in [0, 0.05) is 23.9 Å². The van der Waals surface area contributed by atoms with Gasteiger partial charge in [0.05, 0.1) is 7.11 Å². The number of benzene rings is 2. The van der Waals surface area contributed by atoms with Crippen LogP contribution in [0, 0.1) is 5.82 Å². The van der Waals surface area contributed by atoms with E-state index in [0.29, 0.717) is 12.1 Å². The minimum absolute atomic E-state index is 0.0196. The SMILES string of the molecule is C=C(N)CCc1c(OC)cccc1C1SC(c2ccc(F)cc2)=NN1C. The van der Waals surface area contributed by atoms with Crippen molar-refractivity contribution in [1.82, 2.24) is 5.01 Å². The molecule has 0 radical (unpaired) electrons. The molecule has 1 atom stereocenters. The lowest BCUT2D eigenvalue weighted by atomic mass is 10.0. The van der Waals surface area contributed by atoms with E-state index in [2.05, 4.69) is 17.7 Å². The standard InChI is InChI=1S/C20H22FN3OS/c1-13(22)7-12-16-17(5-4-6-18(16)25-3)20-24(2)23-19(26-20)14-8-10-15(21)11-9-14/h4-6,8-11,20H,1,7,12,22H2,2-3H3. The fourth-order valence-electron chi connectivity index (χ4n) is 2.94. The maximum Gasteiger partial charge on any atom is 0.126 e. The number of hydrogen-bond donors (Lipinski definition) is 1. The molecule has 0 aliphatic carbocycles. The van der Waals surface area contributed by atoms with Crippen LogP contribution in [0.15, 0.2) is 59.8 Å². The van der Waals surface area contributed by atoms with Crippen LogP contribution in [0.3, 0.4) is 0 Å². The van der Waals surface area contributed by atoms with E-state index in [0.717, 1.165) is 33.9 Å². The molecule has 0 fully saturated rings. The van der Waals surface area contributed by atoms with Gasteiger partial charge in [0.15, 0.2) is 0 Å². The summed E-state index contributed by atoms with van der Waals surface area (Å²) in [6.07, 6.45) is 1.45. The van der Waals surface area contributed by atoms with E-state index in [9.17, 15) is 4.39 Å². The van der Waals surface area contributed by atoms with Crippen molar-refractivity contribution >= 4 is 16.8 Å². The van der Waals surface area contributed by atoms with Crippen molar-refractivity contribution in [1.29, 1.82) is 0 Å². The van der Waals surface area contributed by atoms with Gasteiger partial charge in [-0.05, 0) is 48.7 Å². The second-order valence-corrected chi connectivity index (χ2v) is 7.21. The third-order valence-corrected chi connectivity index (χ3v) is 5.58. The summed E-state index contributed by atoms with van der Waals surface area (Å²) in [5.41, 5.74) is 9.58. The molecule has 0 aromatic heterocycles. The topological polar surface area (TPSA) is 50.9 Å². The number of nitrogens with two attached hydrogens (primary N) is 1. The van der Waals surface area contributed by atoms with Crippen molar-refractivity contribution < 1.29 is 9.13 Å². The van der Waals surface area contributed by atoms with Crippen molar-refractivity contribution in [3.8, 4) is 5.75 Å². The first-order valence-electron chi connectivity index (χ1n) is 8.32. The third-order valence-electron chi connectivity index (χ3n) is 4.25. The molecule has 1 aliphatic heterocycles. The van der Waals surface area contributed by atoms with Crippen molar-refractivity contribution in [3.05, 3.63) is 77.2 Å². The molecule has 136 valence electrons. The summed E-state index contributed by atoms with van der Waals surface area (Å²) in [5.74, 6) is 0.590. The van der Waals surface area contributed by atoms with Crippen LogP contribution in [-0.2, 0) is 6.42 Å². The van der Waals surface area contributed by atoms with Crippen LogP contribution in [0.2, 0.25) is 0 Å². The molecular weight excluding hydrogens is 349 g/mol. The number of thioether (sulfide) groups is 1. The predicted molar refractivity (Wildman–Crippen MR) is 106 cm³/mol. The molecule has 2 N–H and O–H groups in total. The molecule has 2 aromatic carbocycles. The van der Waals surface area contributed by atoms with Gasteiger partial charge in [0.2, 0.25) is 0 Å². The summed E-state index contributed by atoms with van der Waals surface area (Å²) < 4.78 is 18.8. The van der Waals surface area contributed by atoms with Gasteiger partial charge >= 0.3 is 0 Å². The molecule has 0 saturated carbocycles. The molecule has 4 nitrogen and oxygen atoms in total. The molecule has 1 aliphatic rings. The van der Waals surface area contributed by atoms with Crippen LogP contribution in [-0.4, -0.2) is 24.2 Å². The van der Waals surface area contributed by atoms with Gasteiger partial charge in [-0.1, -0.05) is 30.5 Å². The van der Waals surface area contributed by atoms with Gasteiger partial charge in [0.25, 0.3) is 0 Å². The van der Waals surface area contributed by atoms with Gasteiger partial charge in [-0.15, -0.1) is 0 Å². The van der Waals surface area contributed by atoms with Crippen LogP contribution in [0.5, 0.6) is 5.75 Å². The van der Waals surface area contributed by atoms with Crippen LogP contribution >= 0.6 is 11.8 Å². The maximum atomic E-state index is 13.2. The largest absolute Gasteiger partial charge is 0.496 e. The Hall–Kier alpha value is -2.47. The Morgan fingerprint density at radius 3 is 2.69 bits per heavy atom. The number of halogens is 1. The Morgan fingerprint density at radius 1 is 1.31 bits per heavy atom. The summed E-state index contributed by atoms with van der Waals surface area (Å²) in [6, 6.07) is 12.4. The Morgan fingerprint density at radius 2 is 2.04 bits per heavy atom. The maximum absolute atomic E-state index is 13.2. The quantitative estimate of drug-likeness (QED) is 0.823. The highest BCUT2D eigenvalue weighted by atomic mass is 32.2. The molecule has 6 heteroatoms. The molecule has 0 spiro atoms. The Balaban J connectivity index is 1.90. The summed E-state index contributed by atoms with van der Waals surface area (Å²) in [6.45, 7) is 3.79. The average molecular weight is 371 g/mol. The third kappa shape index (κ3) is 3.85. The smallest absolute Gasteiger partial charge is 0.126 e. The second-order valence-electron chi connectivity index (χ2n) is 6.14. The van der Waals surface area contributed by atoms with Crippen molar-refractivity contribution in [2.75, 3.05) is 14.2 Å². The van der Waals surface area contributed by atoms with Gasteiger partial charge in [-0.2, -0.15) is 5.10 Å². The Bertz CT molecular complexity index is 835. The number of hydrazone groups is 1. The van der Waals surface area contributed by atoms with Gasteiger partial charge in [0.1, 0.15) is 22.0 Å². The van der Waals surface area contributed by atoms with Crippen LogP contribution < -0.4 is 10.5 Å². The summed E-state index contributed by atoms with van der Waals surface area (Å²) >= 11 is 1.64. The molecule has 0 amide bonds. The molecule has 26 heavy (non-hydrogen) atoms. The number of methoxy groups -OCH3 is 1. The van der Waals surface area contributed by atoms with Gasteiger partial charge in [-0.3, -0.25) is 5.01 Å². The first kappa shape index (κ1) is 18.3. The van der Waals surface area contributed by atoms with Gasteiger partial charge in [-0.25, -0.2) is 4.39 Å². The van der Waals surface area contributed by atoms with Crippen LogP contribution in [0.1, 0.15) is 28.5 Å². The van der Waals surface area contributed by atoms with E-state index in [1.807, 2.05) is 24.2 Å². The van der Waals surface area contributed by atoms with Crippen molar-refractivity contribution in [2.24, 2.45) is 10.8 Å². The first-order chi connectivity index (χ1) is 12.5. The zero-order valence-electron chi connectivity index (χ0n) is 14.9. The monoisotopic (exact) mass is 371 g/mol. The van der Waals surface area contributed by atoms with E-state index >= 15 is 0 Å². The van der Waals surface area contributed by atoms with E-state index < -0.39 is 0 Å². The highest BCUT2D eigenvalue weighted by Gasteiger charge is 2.29. The molecular formula is C20H22FN3OS. The summed E-state index contributed by atoms with van der Waals surface area (Å²) in [4.78, 5) is 0. The number of nitrogens with zero attached hydrogens (tertiary/aromatic N) is 2. The van der Waals surface area contributed by atoms with Crippen LogP contribution in [0.25, 0.3) is 0 Å². The minimum atomic E-state index is -0.251. The normalized spacial score (nSPS) is 16.5. The minimum Gasteiger partial charge on any atom is -0.496 e. The Kier molecular flexibility index (Phi) is 5.52. The molecule has 2 aromatic rings. The molecule has 3 rings (SSSR count). The lowest BCUT2D eigenvalue weighted by molar-refractivity contribution is 0.343. The van der Waals surface area contributed by atoms with E-state index in [4.69, 9.17) is 10.5 Å². The molecule has 1 heterocycles. The van der Waals surface area contributed by atoms with Crippen molar-refractivity contribution in [3.63, 3.8) is 0 Å². The first-order valence-corrected chi connectivity index (χ1v) is 9.20. The Labute approximate surface area is 157 Å². The summed E-state index contributed by atoms with van der Waals surface area (Å²) in [5, 5.41) is 7.46. The zero-order valence-corrected chi connectivity index (χ0v) is 15.7.